The summed E-state index contributed by atoms with van der Waals surface area (Å²) in [5, 5.41) is 0. The number of carbonyl (C=O) groups excluding carboxylic acids is 2. The van der Waals surface area contributed by atoms with Gasteiger partial charge in [0, 0.05) is 38.6 Å². The molecule has 0 saturated carbocycles. The van der Waals surface area contributed by atoms with E-state index in [2.05, 4.69) is 14.9 Å². The van der Waals surface area contributed by atoms with Gasteiger partial charge in [-0.05, 0) is 62.1 Å². The molecule has 2 aromatic rings. The van der Waals surface area contributed by atoms with Crippen LogP contribution in [-0.4, -0.2) is 59.5 Å². The van der Waals surface area contributed by atoms with Crippen LogP contribution in [0.5, 0.6) is 0 Å². The fourth-order valence-corrected chi connectivity index (χ4v) is 5.29. The van der Waals surface area contributed by atoms with E-state index in [9.17, 15) is 14.0 Å². The van der Waals surface area contributed by atoms with Crippen LogP contribution in [0.15, 0.2) is 42.9 Å². The topological polar surface area (TPSA) is 75.6 Å². The van der Waals surface area contributed by atoms with Crippen molar-refractivity contribution >= 4 is 17.7 Å². The number of hydrogen-bond acceptors (Lipinski definition) is 6. The largest absolute Gasteiger partial charge is 0.466 e. The minimum atomic E-state index is -0.290. The van der Waals surface area contributed by atoms with E-state index in [1.54, 1.807) is 37.6 Å². The van der Waals surface area contributed by atoms with Gasteiger partial charge in [-0.2, -0.15) is 0 Å². The number of esters is 1. The van der Waals surface area contributed by atoms with Crippen molar-refractivity contribution in [2.75, 3.05) is 37.7 Å². The number of nitrogens with zero attached hydrogens (tertiary/aromatic N) is 4. The number of rotatable bonds is 7. The van der Waals surface area contributed by atoms with Gasteiger partial charge in [0.25, 0.3) is 0 Å². The molecule has 4 rings (SSSR count). The number of carbonyl (C=O) groups is 2. The minimum Gasteiger partial charge on any atom is -0.466 e. The van der Waals surface area contributed by atoms with E-state index in [1.165, 1.54) is 12.1 Å². The van der Waals surface area contributed by atoms with E-state index < -0.39 is 0 Å². The fraction of sp³-hybridized carbons (Fsp3) is 0.538. The molecule has 2 aliphatic rings. The molecule has 0 unspecified atom stereocenters. The fourth-order valence-electron chi connectivity index (χ4n) is 5.29. The molecule has 7 nitrogen and oxygen atoms in total. The molecule has 0 N–H and O–H groups in total. The summed E-state index contributed by atoms with van der Waals surface area (Å²) in [6.07, 6.45) is 8.82. The molecule has 1 aromatic heterocycles. The van der Waals surface area contributed by atoms with Crippen molar-refractivity contribution in [2.45, 2.75) is 44.9 Å². The summed E-state index contributed by atoms with van der Waals surface area (Å²) in [7, 11) is 0. The Morgan fingerprint density at radius 1 is 1.12 bits per heavy atom. The van der Waals surface area contributed by atoms with Crippen molar-refractivity contribution in [1.29, 1.82) is 0 Å². The van der Waals surface area contributed by atoms with Gasteiger partial charge >= 0.3 is 5.97 Å². The zero-order valence-electron chi connectivity index (χ0n) is 19.7. The number of hydrogen-bond donors (Lipinski definition) is 0. The molecule has 2 atom stereocenters. The first-order valence-corrected chi connectivity index (χ1v) is 12.3. The zero-order chi connectivity index (χ0) is 23.9. The lowest BCUT2D eigenvalue weighted by Gasteiger charge is -2.39. The van der Waals surface area contributed by atoms with Gasteiger partial charge in [0.2, 0.25) is 5.91 Å². The molecule has 2 saturated heterocycles. The van der Waals surface area contributed by atoms with Crippen LogP contribution in [0.4, 0.5) is 10.2 Å². The van der Waals surface area contributed by atoms with Crippen molar-refractivity contribution in [3.8, 4) is 0 Å². The standard InChI is InChI=1S/C26H33FN4O3/c1-2-34-25(32)16-23(19-5-7-22(27)8-6-19)20-9-14-30(15-10-20)26(33)21-4-3-13-31(18-21)24-17-28-11-12-29-24/h5-8,11-12,17,20-21,23H,2-4,9-10,13-16,18H2,1H3/t21-,23+/m1/s1. The Morgan fingerprint density at radius 3 is 2.56 bits per heavy atom. The molecule has 8 heteroatoms. The highest BCUT2D eigenvalue weighted by atomic mass is 19.1. The number of amides is 1. The van der Waals surface area contributed by atoms with E-state index in [0.29, 0.717) is 26.2 Å². The Hall–Kier alpha value is -3.03. The van der Waals surface area contributed by atoms with Gasteiger partial charge in [0.1, 0.15) is 11.6 Å². The second-order valence-electron chi connectivity index (χ2n) is 9.18. The molecular weight excluding hydrogens is 435 g/mol. The van der Waals surface area contributed by atoms with Crippen molar-refractivity contribution in [3.05, 3.63) is 54.2 Å². The Labute approximate surface area is 200 Å². The number of aromatic nitrogens is 2. The Bertz CT molecular complexity index is 948. The summed E-state index contributed by atoms with van der Waals surface area (Å²) in [6, 6.07) is 6.41. The maximum atomic E-state index is 13.5. The van der Waals surface area contributed by atoms with Gasteiger partial charge in [0.15, 0.2) is 0 Å². The Balaban J connectivity index is 1.37. The van der Waals surface area contributed by atoms with E-state index in [-0.39, 0.29) is 41.9 Å². The highest BCUT2D eigenvalue weighted by molar-refractivity contribution is 5.80. The third-order valence-electron chi connectivity index (χ3n) is 7.05. The molecule has 0 aliphatic carbocycles. The van der Waals surface area contributed by atoms with Crippen LogP contribution in [0.1, 0.15) is 50.5 Å². The van der Waals surface area contributed by atoms with Crippen LogP contribution >= 0.6 is 0 Å². The van der Waals surface area contributed by atoms with Crippen molar-refractivity contribution in [1.82, 2.24) is 14.9 Å². The summed E-state index contributed by atoms with van der Waals surface area (Å²) in [6.45, 7) is 5.04. The van der Waals surface area contributed by atoms with Gasteiger partial charge in [-0.25, -0.2) is 9.37 Å². The highest BCUT2D eigenvalue weighted by Crippen LogP contribution is 2.36. The number of piperidine rings is 2. The monoisotopic (exact) mass is 468 g/mol. The van der Waals surface area contributed by atoms with Crippen LogP contribution in [0.2, 0.25) is 0 Å². The minimum absolute atomic E-state index is 0.0419. The Kier molecular flexibility index (Phi) is 8.08. The third-order valence-corrected chi connectivity index (χ3v) is 7.05. The number of ether oxygens (including phenoxy) is 1. The van der Waals surface area contributed by atoms with E-state index in [0.717, 1.165) is 43.6 Å². The number of likely N-dealkylation sites (tertiary alicyclic amines) is 1. The lowest BCUT2D eigenvalue weighted by molar-refractivity contribution is -0.144. The maximum absolute atomic E-state index is 13.5. The van der Waals surface area contributed by atoms with Gasteiger partial charge < -0.3 is 14.5 Å². The number of halogens is 1. The molecule has 2 fully saturated rings. The first kappa shape index (κ1) is 24.1. The summed E-state index contributed by atoms with van der Waals surface area (Å²) in [5.74, 6) is 0.652. The lowest BCUT2D eigenvalue weighted by Crippen LogP contribution is -2.48. The molecule has 182 valence electrons. The van der Waals surface area contributed by atoms with Crippen molar-refractivity contribution in [2.24, 2.45) is 11.8 Å². The highest BCUT2D eigenvalue weighted by Gasteiger charge is 2.35. The first-order valence-electron chi connectivity index (χ1n) is 12.3. The SMILES string of the molecule is CCOC(=O)C[C@@H](c1ccc(F)cc1)C1CCN(C(=O)[C@@H]2CCCN(c3cnccn3)C2)CC1. The predicted octanol–water partition coefficient (Wildman–Crippen LogP) is 3.81. The third kappa shape index (κ3) is 5.90. The summed E-state index contributed by atoms with van der Waals surface area (Å²) >= 11 is 0. The van der Waals surface area contributed by atoms with Crippen molar-refractivity contribution in [3.63, 3.8) is 0 Å². The maximum Gasteiger partial charge on any atom is 0.306 e. The van der Waals surface area contributed by atoms with Gasteiger partial charge in [-0.15, -0.1) is 0 Å². The van der Waals surface area contributed by atoms with E-state index in [1.807, 2.05) is 4.90 Å². The molecule has 0 bridgehead atoms. The average Bonchev–Trinajstić information content (AvgIpc) is 2.88. The molecule has 1 aromatic carbocycles. The molecule has 3 heterocycles. The summed E-state index contributed by atoms with van der Waals surface area (Å²) in [5.41, 5.74) is 0.950. The van der Waals surface area contributed by atoms with Crippen LogP contribution in [0.3, 0.4) is 0 Å². The van der Waals surface area contributed by atoms with Crippen molar-refractivity contribution < 1.29 is 18.7 Å². The second-order valence-corrected chi connectivity index (χ2v) is 9.18. The average molecular weight is 469 g/mol. The van der Waals surface area contributed by atoms with Gasteiger partial charge in [-0.3, -0.25) is 14.6 Å². The molecule has 2 aliphatic heterocycles. The smallest absolute Gasteiger partial charge is 0.306 e. The predicted molar refractivity (Wildman–Crippen MR) is 127 cm³/mol. The zero-order valence-corrected chi connectivity index (χ0v) is 19.7. The molecule has 34 heavy (non-hydrogen) atoms. The molecule has 0 radical (unpaired) electrons. The van der Waals surface area contributed by atoms with Crippen LogP contribution in [-0.2, 0) is 14.3 Å². The molecule has 1 amide bonds. The van der Waals surface area contributed by atoms with Gasteiger partial charge in [-0.1, -0.05) is 12.1 Å². The number of anilines is 1. The molecular formula is C26H33FN4O3. The van der Waals surface area contributed by atoms with Crippen LogP contribution < -0.4 is 4.90 Å². The van der Waals surface area contributed by atoms with E-state index >= 15 is 0 Å². The van der Waals surface area contributed by atoms with E-state index in [4.69, 9.17) is 4.74 Å². The van der Waals surface area contributed by atoms with Gasteiger partial charge in [0.05, 0.1) is 25.1 Å². The lowest BCUT2D eigenvalue weighted by atomic mass is 9.78. The van der Waals surface area contributed by atoms with Crippen LogP contribution in [0.25, 0.3) is 0 Å². The first-order chi connectivity index (χ1) is 16.5. The second kappa shape index (κ2) is 11.4. The normalized spacial score (nSPS) is 20.1. The molecule has 0 spiro atoms. The Morgan fingerprint density at radius 2 is 1.88 bits per heavy atom. The number of benzene rings is 1. The summed E-state index contributed by atoms with van der Waals surface area (Å²) < 4.78 is 18.7. The van der Waals surface area contributed by atoms with Crippen LogP contribution in [0, 0.1) is 17.7 Å². The summed E-state index contributed by atoms with van der Waals surface area (Å²) in [4.78, 5) is 38.3. The quantitative estimate of drug-likeness (QED) is 0.576.